The van der Waals surface area contributed by atoms with Crippen molar-refractivity contribution in [1.29, 1.82) is 0 Å². The first-order valence-electron chi connectivity index (χ1n) is 8.16. The summed E-state index contributed by atoms with van der Waals surface area (Å²) in [6.07, 6.45) is 1.60. The zero-order valence-corrected chi connectivity index (χ0v) is 14.4. The van der Waals surface area contributed by atoms with E-state index in [1.807, 2.05) is 24.3 Å². The topological polar surface area (TPSA) is 63.8 Å². The Morgan fingerprint density at radius 1 is 0.960 bits per heavy atom. The molecule has 0 aliphatic carbocycles. The molecule has 0 fully saturated rings. The second-order valence-corrected chi connectivity index (χ2v) is 6.86. The smallest absolute Gasteiger partial charge is 0.130 e. The number of benzene rings is 2. The van der Waals surface area contributed by atoms with Crippen LogP contribution < -0.4 is 11.1 Å². The van der Waals surface area contributed by atoms with Crippen molar-refractivity contribution in [2.75, 3.05) is 11.9 Å². The highest BCUT2D eigenvalue weighted by atomic mass is 32.1. The van der Waals surface area contributed by atoms with Crippen molar-refractivity contribution >= 4 is 27.2 Å². The Morgan fingerprint density at radius 3 is 2.56 bits per heavy atom. The average molecular weight is 346 g/mol. The Hall–Kier alpha value is -2.76. The summed E-state index contributed by atoms with van der Waals surface area (Å²) >= 11 is 1.74. The number of nitrogens with zero attached hydrogens (tertiary/aromatic N) is 2. The van der Waals surface area contributed by atoms with Crippen molar-refractivity contribution in [2.45, 2.75) is 6.04 Å². The van der Waals surface area contributed by atoms with Gasteiger partial charge in [0.1, 0.15) is 12.1 Å². The molecule has 124 valence electrons. The molecule has 0 spiro atoms. The highest BCUT2D eigenvalue weighted by molar-refractivity contribution is 7.22. The molecule has 0 amide bonds. The lowest BCUT2D eigenvalue weighted by Gasteiger charge is -2.18. The summed E-state index contributed by atoms with van der Waals surface area (Å²) in [6, 6.07) is 22.7. The number of aromatic nitrogens is 2. The van der Waals surface area contributed by atoms with E-state index in [0.717, 1.165) is 22.0 Å². The fraction of sp³-hybridized carbons (Fsp3) is 0.100. The Labute approximate surface area is 150 Å². The highest BCUT2D eigenvalue weighted by Gasteiger charge is 2.11. The first kappa shape index (κ1) is 15.7. The van der Waals surface area contributed by atoms with Gasteiger partial charge in [-0.1, -0.05) is 48.5 Å². The number of hydrogen-bond donors (Lipinski definition) is 2. The van der Waals surface area contributed by atoms with E-state index < -0.39 is 0 Å². The minimum absolute atomic E-state index is 0.0198. The van der Waals surface area contributed by atoms with Gasteiger partial charge < -0.3 is 11.1 Å². The van der Waals surface area contributed by atoms with E-state index in [1.165, 1.54) is 10.1 Å². The molecule has 0 radical (unpaired) electrons. The lowest BCUT2D eigenvalue weighted by Crippen LogP contribution is -2.21. The van der Waals surface area contributed by atoms with Crippen LogP contribution in [0.3, 0.4) is 0 Å². The SMILES string of the molecule is NC[C@H](Nc1cc(-c2cc3ccccc3s2)ncn1)c1ccccc1. The van der Waals surface area contributed by atoms with E-state index in [-0.39, 0.29) is 6.04 Å². The van der Waals surface area contributed by atoms with E-state index in [2.05, 4.69) is 57.7 Å². The number of thiophene rings is 1. The standard InChI is InChI=1S/C20H18N4S/c21-12-17(14-6-2-1-3-7-14)24-20-11-16(22-13-23-20)19-10-15-8-4-5-9-18(15)25-19/h1-11,13,17H,12,21H2,(H,22,23,24)/t17-/m0/s1. The summed E-state index contributed by atoms with van der Waals surface area (Å²) in [6.45, 7) is 0.492. The van der Waals surface area contributed by atoms with Crippen LogP contribution in [0.2, 0.25) is 0 Å². The molecular formula is C20H18N4S. The third-order valence-corrected chi connectivity index (χ3v) is 5.24. The van der Waals surface area contributed by atoms with Crippen LogP contribution in [0.5, 0.6) is 0 Å². The second-order valence-electron chi connectivity index (χ2n) is 5.78. The van der Waals surface area contributed by atoms with Crippen LogP contribution >= 0.6 is 11.3 Å². The number of hydrogen-bond acceptors (Lipinski definition) is 5. The van der Waals surface area contributed by atoms with Gasteiger partial charge in [-0.25, -0.2) is 9.97 Å². The molecule has 4 nitrogen and oxygen atoms in total. The first-order chi connectivity index (χ1) is 12.3. The van der Waals surface area contributed by atoms with Gasteiger partial charge in [-0.2, -0.15) is 0 Å². The molecule has 3 N–H and O–H groups in total. The van der Waals surface area contributed by atoms with Gasteiger partial charge in [-0.05, 0) is 23.1 Å². The Bertz CT molecular complexity index is 948. The first-order valence-corrected chi connectivity index (χ1v) is 8.97. The largest absolute Gasteiger partial charge is 0.362 e. The maximum absolute atomic E-state index is 5.95. The van der Waals surface area contributed by atoms with Gasteiger partial charge in [0, 0.05) is 17.3 Å². The van der Waals surface area contributed by atoms with Crippen LogP contribution in [-0.2, 0) is 0 Å². The van der Waals surface area contributed by atoms with Crippen molar-refractivity contribution in [3.05, 3.63) is 78.6 Å². The van der Waals surface area contributed by atoms with Crippen LogP contribution in [-0.4, -0.2) is 16.5 Å². The lowest BCUT2D eigenvalue weighted by molar-refractivity contribution is 0.783. The quantitative estimate of drug-likeness (QED) is 0.559. The molecule has 5 heteroatoms. The molecule has 0 aliphatic rings. The molecule has 0 saturated heterocycles. The van der Waals surface area contributed by atoms with E-state index in [4.69, 9.17) is 5.73 Å². The molecule has 2 aromatic carbocycles. The molecule has 2 heterocycles. The van der Waals surface area contributed by atoms with Crippen LogP contribution in [0.15, 0.2) is 73.1 Å². The van der Waals surface area contributed by atoms with E-state index in [0.29, 0.717) is 6.54 Å². The van der Waals surface area contributed by atoms with Crippen molar-refractivity contribution in [3.63, 3.8) is 0 Å². The zero-order valence-electron chi connectivity index (χ0n) is 13.6. The van der Waals surface area contributed by atoms with E-state index in [1.54, 1.807) is 17.7 Å². The van der Waals surface area contributed by atoms with E-state index >= 15 is 0 Å². The van der Waals surface area contributed by atoms with Crippen LogP contribution in [0.1, 0.15) is 11.6 Å². The zero-order chi connectivity index (χ0) is 17.1. The summed E-state index contributed by atoms with van der Waals surface area (Å²) in [5.41, 5.74) is 8.01. The second kappa shape index (κ2) is 7.01. The summed E-state index contributed by atoms with van der Waals surface area (Å²) in [7, 11) is 0. The third-order valence-electron chi connectivity index (χ3n) is 4.10. The van der Waals surface area contributed by atoms with Crippen molar-refractivity contribution in [2.24, 2.45) is 5.73 Å². The van der Waals surface area contributed by atoms with Gasteiger partial charge in [0.25, 0.3) is 0 Å². The minimum atomic E-state index is 0.0198. The Kier molecular flexibility index (Phi) is 4.41. The Morgan fingerprint density at radius 2 is 1.76 bits per heavy atom. The lowest BCUT2D eigenvalue weighted by atomic mass is 10.1. The fourth-order valence-corrected chi connectivity index (χ4v) is 3.85. The number of nitrogens with one attached hydrogen (secondary N) is 1. The van der Waals surface area contributed by atoms with Gasteiger partial charge in [0.2, 0.25) is 0 Å². The van der Waals surface area contributed by atoms with Gasteiger partial charge in [0.05, 0.1) is 16.6 Å². The maximum Gasteiger partial charge on any atom is 0.130 e. The molecule has 25 heavy (non-hydrogen) atoms. The van der Waals surface area contributed by atoms with Gasteiger partial charge in [-0.3, -0.25) is 0 Å². The molecule has 2 aromatic heterocycles. The number of rotatable bonds is 5. The average Bonchev–Trinajstić information content (AvgIpc) is 3.11. The molecule has 0 unspecified atom stereocenters. The summed E-state index contributed by atoms with van der Waals surface area (Å²) in [5.74, 6) is 0.779. The summed E-state index contributed by atoms with van der Waals surface area (Å²) < 4.78 is 1.26. The van der Waals surface area contributed by atoms with Crippen molar-refractivity contribution in [1.82, 2.24) is 9.97 Å². The van der Waals surface area contributed by atoms with Gasteiger partial charge in [-0.15, -0.1) is 11.3 Å². The van der Waals surface area contributed by atoms with Crippen molar-refractivity contribution < 1.29 is 0 Å². The molecule has 4 rings (SSSR count). The monoisotopic (exact) mass is 346 g/mol. The minimum Gasteiger partial charge on any atom is -0.362 e. The normalized spacial score (nSPS) is 12.2. The molecule has 0 aliphatic heterocycles. The predicted octanol–water partition coefficient (Wildman–Crippen LogP) is 4.47. The number of anilines is 1. The van der Waals surface area contributed by atoms with Crippen LogP contribution in [0.4, 0.5) is 5.82 Å². The molecule has 1 atom stereocenters. The molecule has 4 aromatic rings. The highest BCUT2D eigenvalue weighted by Crippen LogP contribution is 2.33. The number of nitrogens with two attached hydrogens (primary N) is 1. The van der Waals surface area contributed by atoms with E-state index in [9.17, 15) is 0 Å². The molecule has 0 saturated carbocycles. The Balaban J connectivity index is 1.62. The predicted molar refractivity (Wildman–Crippen MR) is 105 cm³/mol. The van der Waals surface area contributed by atoms with Crippen LogP contribution in [0.25, 0.3) is 20.7 Å². The summed E-state index contributed by atoms with van der Waals surface area (Å²) in [4.78, 5) is 9.93. The van der Waals surface area contributed by atoms with Crippen molar-refractivity contribution in [3.8, 4) is 10.6 Å². The number of fused-ring (bicyclic) bond motifs is 1. The molecular weight excluding hydrogens is 328 g/mol. The van der Waals surface area contributed by atoms with Gasteiger partial charge in [0.15, 0.2) is 0 Å². The van der Waals surface area contributed by atoms with Crippen LogP contribution in [0, 0.1) is 0 Å². The van der Waals surface area contributed by atoms with Gasteiger partial charge >= 0.3 is 0 Å². The third kappa shape index (κ3) is 3.38. The maximum atomic E-state index is 5.95. The summed E-state index contributed by atoms with van der Waals surface area (Å²) in [5, 5.41) is 4.65. The molecule has 0 bridgehead atoms. The fourth-order valence-electron chi connectivity index (χ4n) is 2.82.